The van der Waals surface area contributed by atoms with Crippen LogP contribution >= 0.6 is 0 Å². The van der Waals surface area contributed by atoms with Gasteiger partial charge >= 0.3 is 0 Å². The van der Waals surface area contributed by atoms with Gasteiger partial charge in [0.1, 0.15) is 0 Å². The molecule has 1 aliphatic heterocycles. The van der Waals surface area contributed by atoms with Crippen molar-refractivity contribution in [1.29, 1.82) is 0 Å². The first-order chi connectivity index (χ1) is 9.15. The number of hydrogen-bond donors (Lipinski definition) is 1. The van der Waals surface area contributed by atoms with Gasteiger partial charge in [-0.2, -0.15) is 0 Å². The minimum absolute atomic E-state index is 0.305. The third kappa shape index (κ3) is 3.33. The zero-order chi connectivity index (χ0) is 13.3. The summed E-state index contributed by atoms with van der Waals surface area (Å²) in [5.74, 6) is 1.79. The van der Waals surface area contributed by atoms with E-state index in [2.05, 4.69) is 19.2 Å². The van der Waals surface area contributed by atoms with Crippen molar-refractivity contribution in [1.82, 2.24) is 5.32 Å². The van der Waals surface area contributed by atoms with Gasteiger partial charge in [0, 0.05) is 12.6 Å². The van der Waals surface area contributed by atoms with Gasteiger partial charge in [-0.15, -0.1) is 0 Å². The fourth-order valence-electron chi connectivity index (χ4n) is 4.84. The molecule has 0 amide bonds. The molecule has 110 valence electrons. The zero-order valence-electron chi connectivity index (χ0n) is 12.8. The van der Waals surface area contributed by atoms with Crippen LogP contribution in [0, 0.1) is 11.8 Å². The summed E-state index contributed by atoms with van der Waals surface area (Å²) in [6.45, 7) is 5.90. The first-order valence-corrected chi connectivity index (χ1v) is 8.56. The summed E-state index contributed by atoms with van der Waals surface area (Å²) in [6.07, 6.45) is 12.6. The third-order valence-electron chi connectivity index (χ3n) is 5.67. The second-order valence-corrected chi connectivity index (χ2v) is 7.69. The van der Waals surface area contributed by atoms with Crippen LogP contribution in [0.3, 0.4) is 0 Å². The molecule has 3 rings (SSSR count). The molecule has 1 spiro atoms. The molecule has 2 heteroatoms. The first kappa shape index (κ1) is 13.9. The molecule has 1 N–H and O–H groups in total. The van der Waals surface area contributed by atoms with Crippen LogP contribution in [0.4, 0.5) is 0 Å². The van der Waals surface area contributed by atoms with Crippen molar-refractivity contribution in [2.75, 3.05) is 6.54 Å². The van der Waals surface area contributed by atoms with Gasteiger partial charge in [0.05, 0.1) is 11.7 Å². The normalized spacial score (nSPS) is 42.0. The average Bonchev–Trinajstić information content (AvgIpc) is 2.97. The molecule has 1 heterocycles. The standard InChI is InChI=1S/C17H31NO/c1-13-9-14(2)11-15(10-13)18-12-16-5-8-17(19-16)6-3-4-7-17/h13-16,18H,3-12H2,1-2H3. The summed E-state index contributed by atoms with van der Waals surface area (Å²) in [6, 6.07) is 0.738. The van der Waals surface area contributed by atoms with Crippen molar-refractivity contribution in [3.8, 4) is 0 Å². The Morgan fingerprint density at radius 1 is 1.00 bits per heavy atom. The Kier molecular flexibility index (Phi) is 4.19. The van der Waals surface area contributed by atoms with Crippen molar-refractivity contribution >= 4 is 0 Å². The minimum atomic E-state index is 0.305. The second kappa shape index (κ2) is 5.73. The Morgan fingerprint density at radius 2 is 1.68 bits per heavy atom. The van der Waals surface area contributed by atoms with Gasteiger partial charge < -0.3 is 10.1 Å². The largest absolute Gasteiger partial charge is 0.370 e. The summed E-state index contributed by atoms with van der Waals surface area (Å²) in [4.78, 5) is 0. The Bertz CT molecular complexity index is 288. The van der Waals surface area contributed by atoms with Gasteiger partial charge in [0.2, 0.25) is 0 Å². The van der Waals surface area contributed by atoms with Crippen LogP contribution < -0.4 is 5.32 Å². The highest BCUT2D eigenvalue weighted by atomic mass is 16.5. The Labute approximate surface area is 118 Å². The SMILES string of the molecule is CC1CC(C)CC(NCC2CCC3(CCCC3)O2)C1. The van der Waals surface area contributed by atoms with Crippen molar-refractivity contribution in [3.63, 3.8) is 0 Å². The first-order valence-electron chi connectivity index (χ1n) is 8.56. The fourth-order valence-corrected chi connectivity index (χ4v) is 4.84. The summed E-state index contributed by atoms with van der Waals surface area (Å²) >= 11 is 0. The molecule has 3 fully saturated rings. The lowest BCUT2D eigenvalue weighted by Crippen LogP contribution is -2.40. The van der Waals surface area contributed by atoms with E-state index in [0.29, 0.717) is 11.7 Å². The molecule has 0 aromatic carbocycles. The summed E-state index contributed by atoms with van der Waals surface area (Å²) in [5.41, 5.74) is 0.305. The molecule has 0 aromatic rings. The van der Waals surface area contributed by atoms with E-state index in [9.17, 15) is 0 Å². The minimum Gasteiger partial charge on any atom is -0.370 e. The van der Waals surface area contributed by atoms with Gasteiger partial charge in [0.15, 0.2) is 0 Å². The third-order valence-corrected chi connectivity index (χ3v) is 5.67. The van der Waals surface area contributed by atoms with E-state index >= 15 is 0 Å². The van der Waals surface area contributed by atoms with E-state index in [1.165, 1.54) is 57.8 Å². The van der Waals surface area contributed by atoms with Crippen LogP contribution in [0.5, 0.6) is 0 Å². The quantitative estimate of drug-likeness (QED) is 0.836. The Morgan fingerprint density at radius 3 is 2.37 bits per heavy atom. The van der Waals surface area contributed by atoms with Gasteiger partial charge in [-0.05, 0) is 56.8 Å². The van der Waals surface area contributed by atoms with E-state index in [0.717, 1.165) is 24.4 Å². The van der Waals surface area contributed by atoms with Crippen LogP contribution in [0.2, 0.25) is 0 Å². The average molecular weight is 265 g/mol. The fraction of sp³-hybridized carbons (Fsp3) is 1.00. The molecule has 3 unspecified atom stereocenters. The maximum Gasteiger partial charge on any atom is 0.0708 e. The molecule has 2 nitrogen and oxygen atoms in total. The molecular weight excluding hydrogens is 234 g/mol. The summed E-state index contributed by atoms with van der Waals surface area (Å²) < 4.78 is 6.39. The number of ether oxygens (including phenoxy) is 1. The van der Waals surface area contributed by atoms with Crippen molar-refractivity contribution in [2.45, 2.75) is 89.4 Å². The van der Waals surface area contributed by atoms with Crippen LogP contribution in [0.1, 0.15) is 71.6 Å². The van der Waals surface area contributed by atoms with Gasteiger partial charge in [-0.1, -0.05) is 26.7 Å². The second-order valence-electron chi connectivity index (χ2n) is 7.69. The Hall–Kier alpha value is -0.0800. The lowest BCUT2D eigenvalue weighted by molar-refractivity contribution is -0.0365. The summed E-state index contributed by atoms with van der Waals surface area (Å²) in [5, 5.41) is 3.81. The van der Waals surface area contributed by atoms with Crippen LogP contribution in [-0.4, -0.2) is 24.3 Å². The van der Waals surface area contributed by atoms with Crippen molar-refractivity contribution in [2.24, 2.45) is 11.8 Å². The smallest absolute Gasteiger partial charge is 0.0708 e. The molecule has 0 bridgehead atoms. The number of nitrogens with one attached hydrogen (secondary N) is 1. The lowest BCUT2D eigenvalue weighted by Gasteiger charge is -2.33. The highest BCUT2D eigenvalue weighted by Crippen LogP contribution is 2.43. The highest BCUT2D eigenvalue weighted by Gasteiger charge is 2.42. The van der Waals surface area contributed by atoms with E-state index in [1.54, 1.807) is 0 Å². The van der Waals surface area contributed by atoms with E-state index in [-0.39, 0.29) is 0 Å². The molecule has 3 aliphatic rings. The maximum absolute atomic E-state index is 6.39. The van der Waals surface area contributed by atoms with E-state index in [1.807, 2.05) is 0 Å². The predicted molar refractivity (Wildman–Crippen MR) is 79.3 cm³/mol. The summed E-state index contributed by atoms with van der Waals surface area (Å²) in [7, 11) is 0. The number of hydrogen-bond acceptors (Lipinski definition) is 2. The van der Waals surface area contributed by atoms with Crippen LogP contribution in [-0.2, 0) is 4.74 Å². The van der Waals surface area contributed by atoms with Crippen molar-refractivity contribution in [3.05, 3.63) is 0 Å². The Balaban J connectivity index is 1.43. The molecule has 0 aromatic heterocycles. The molecular formula is C17H31NO. The predicted octanol–water partition coefficient (Wildman–Crippen LogP) is 3.89. The van der Waals surface area contributed by atoms with Gasteiger partial charge in [-0.3, -0.25) is 0 Å². The zero-order valence-corrected chi connectivity index (χ0v) is 12.8. The van der Waals surface area contributed by atoms with Crippen molar-refractivity contribution < 1.29 is 4.74 Å². The van der Waals surface area contributed by atoms with Crippen LogP contribution in [0.15, 0.2) is 0 Å². The lowest BCUT2D eigenvalue weighted by atomic mass is 9.80. The maximum atomic E-state index is 6.39. The molecule has 0 radical (unpaired) electrons. The molecule has 3 atom stereocenters. The van der Waals surface area contributed by atoms with E-state index < -0.39 is 0 Å². The molecule has 1 saturated heterocycles. The molecule has 19 heavy (non-hydrogen) atoms. The highest BCUT2D eigenvalue weighted by molar-refractivity contribution is 4.93. The van der Waals surface area contributed by atoms with Crippen LogP contribution in [0.25, 0.3) is 0 Å². The monoisotopic (exact) mass is 265 g/mol. The topological polar surface area (TPSA) is 21.3 Å². The molecule has 2 saturated carbocycles. The van der Waals surface area contributed by atoms with Gasteiger partial charge in [-0.25, -0.2) is 0 Å². The van der Waals surface area contributed by atoms with E-state index in [4.69, 9.17) is 4.74 Å². The van der Waals surface area contributed by atoms with Gasteiger partial charge in [0.25, 0.3) is 0 Å². The number of rotatable bonds is 3. The molecule has 2 aliphatic carbocycles.